The summed E-state index contributed by atoms with van der Waals surface area (Å²) in [7, 11) is 0. The second-order valence-electron chi connectivity index (χ2n) is 7.46. The Morgan fingerprint density at radius 3 is 2.79 bits per heavy atom. The molecule has 0 saturated heterocycles. The van der Waals surface area contributed by atoms with Crippen molar-refractivity contribution in [3.63, 3.8) is 0 Å². The molecule has 1 N–H and O–H groups in total. The fraction of sp³-hybridized carbons (Fsp3) is 0.273. The normalized spacial score (nSPS) is 13.8. The van der Waals surface area contributed by atoms with Crippen LogP contribution in [0.2, 0.25) is 0 Å². The number of carbonyl (C=O) groups excluding carboxylic acids is 1. The summed E-state index contributed by atoms with van der Waals surface area (Å²) < 4.78 is 1.79. The molecule has 2 aromatic heterocycles. The lowest BCUT2D eigenvalue weighted by molar-refractivity contribution is 0.0735. The predicted octanol–water partition coefficient (Wildman–Crippen LogP) is 2.72. The fourth-order valence-corrected chi connectivity index (χ4v) is 4.10. The summed E-state index contributed by atoms with van der Waals surface area (Å²) in [5, 5.41) is 8.20. The van der Waals surface area contributed by atoms with Crippen molar-refractivity contribution in [3.8, 4) is 0 Å². The number of hydrogen-bond acceptors (Lipinski definition) is 4. The van der Waals surface area contributed by atoms with E-state index in [4.69, 9.17) is 0 Å². The van der Waals surface area contributed by atoms with Crippen LogP contribution in [0.15, 0.2) is 47.3 Å². The maximum atomic E-state index is 13.1. The average molecular weight is 387 g/mol. The third kappa shape index (κ3) is 2.90. The number of amides is 1. The van der Waals surface area contributed by atoms with Crippen LogP contribution < -0.4 is 5.56 Å². The topological polar surface area (TPSA) is 83.4 Å². The summed E-state index contributed by atoms with van der Waals surface area (Å²) in [6.07, 6.45) is 2.49. The zero-order valence-electron chi connectivity index (χ0n) is 16.2. The first-order chi connectivity index (χ1) is 14.2. The SMILES string of the molecule is CCCc1nnc2c(=O)[nH]c3cc(C(=O)N4CCc5ccccc5C4)ccc3n12. The molecule has 4 aromatic rings. The van der Waals surface area contributed by atoms with E-state index in [1.54, 1.807) is 10.5 Å². The molecule has 1 aliphatic rings. The van der Waals surface area contributed by atoms with Crippen molar-refractivity contribution in [2.75, 3.05) is 6.54 Å². The molecule has 5 rings (SSSR count). The van der Waals surface area contributed by atoms with Crippen LogP contribution in [0.3, 0.4) is 0 Å². The molecule has 0 saturated carbocycles. The lowest BCUT2D eigenvalue weighted by Crippen LogP contribution is -2.35. The number of H-pyrrole nitrogens is 1. The Hall–Kier alpha value is -3.48. The van der Waals surface area contributed by atoms with Crippen molar-refractivity contribution >= 4 is 22.6 Å². The largest absolute Gasteiger partial charge is 0.334 e. The number of nitrogens with zero attached hydrogens (tertiary/aromatic N) is 4. The van der Waals surface area contributed by atoms with Gasteiger partial charge in [0.2, 0.25) is 5.65 Å². The number of rotatable bonds is 3. The number of nitrogens with one attached hydrogen (secondary N) is 1. The zero-order chi connectivity index (χ0) is 20.0. The van der Waals surface area contributed by atoms with Gasteiger partial charge in [0.1, 0.15) is 5.82 Å². The van der Waals surface area contributed by atoms with Crippen LogP contribution in [0.5, 0.6) is 0 Å². The molecule has 7 heteroatoms. The maximum Gasteiger partial charge on any atom is 0.294 e. The molecule has 3 heterocycles. The van der Waals surface area contributed by atoms with Crippen LogP contribution in [0, 0.1) is 0 Å². The van der Waals surface area contributed by atoms with Gasteiger partial charge in [0, 0.05) is 25.1 Å². The zero-order valence-corrected chi connectivity index (χ0v) is 16.2. The number of benzene rings is 2. The Bertz CT molecular complexity index is 1300. The van der Waals surface area contributed by atoms with Crippen molar-refractivity contribution < 1.29 is 4.79 Å². The van der Waals surface area contributed by atoms with E-state index in [0.717, 1.165) is 30.6 Å². The quantitative estimate of drug-likeness (QED) is 0.586. The average Bonchev–Trinajstić information content (AvgIpc) is 3.17. The Labute approximate surface area is 167 Å². The Kier molecular flexibility index (Phi) is 4.16. The third-order valence-electron chi connectivity index (χ3n) is 5.56. The summed E-state index contributed by atoms with van der Waals surface area (Å²) in [5.41, 5.74) is 4.46. The highest BCUT2D eigenvalue weighted by Gasteiger charge is 2.22. The summed E-state index contributed by atoms with van der Waals surface area (Å²) in [5.74, 6) is 0.727. The molecular formula is C22H21N5O2. The van der Waals surface area contributed by atoms with Crippen LogP contribution in [-0.4, -0.2) is 36.9 Å². The van der Waals surface area contributed by atoms with Gasteiger partial charge in [-0.15, -0.1) is 10.2 Å². The molecule has 1 aliphatic heterocycles. The number of hydrogen-bond donors (Lipinski definition) is 1. The van der Waals surface area contributed by atoms with Gasteiger partial charge < -0.3 is 9.88 Å². The lowest BCUT2D eigenvalue weighted by atomic mass is 9.99. The first-order valence-corrected chi connectivity index (χ1v) is 9.92. The van der Waals surface area contributed by atoms with Crippen LogP contribution >= 0.6 is 0 Å². The van der Waals surface area contributed by atoms with Crippen LogP contribution in [0.4, 0.5) is 0 Å². The monoisotopic (exact) mass is 387 g/mol. The highest BCUT2D eigenvalue weighted by molar-refractivity contribution is 5.97. The molecule has 0 atom stereocenters. The van der Waals surface area contributed by atoms with Gasteiger partial charge in [-0.05, 0) is 42.2 Å². The van der Waals surface area contributed by atoms with Gasteiger partial charge in [-0.3, -0.25) is 14.0 Å². The summed E-state index contributed by atoms with van der Waals surface area (Å²) in [4.78, 5) is 30.3. The number of carbonyl (C=O) groups is 1. The fourth-order valence-electron chi connectivity index (χ4n) is 4.10. The van der Waals surface area contributed by atoms with E-state index in [0.29, 0.717) is 24.2 Å². The van der Waals surface area contributed by atoms with E-state index in [-0.39, 0.29) is 17.1 Å². The van der Waals surface area contributed by atoms with Crippen molar-refractivity contribution in [1.29, 1.82) is 0 Å². The minimum Gasteiger partial charge on any atom is -0.334 e. The smallest absolute Gasteiger partial charge is 0.294 e. The van der Waals surface area contributed by atoms with Gasteiger partial charge in [0.15, 0.2) is 0 Å². The van der Waals surface area contributed by atoms with Crippen LogP contribution in [0.1, 0.15) is 40.7 Å². The number of aryl methyl sites for hydroxylation is 1. The van der Waals surface area contributed by atoms with Gasteiger partial charge in [0.05, 0.1) is 11.0 Å². The Balaban J connectivity index is 1.55. The van der Waals surface area contributed by atoms with E-state index in [1.165, 1.54) is 11.1 Å². The van der Waals surface area contributed by atoms with E-state index in [2.05, 4.69) is 34.2 Å². The van der Waals surface area contributed by atoms with Gasteiger partial charge >= 0.3 is 0 Å². The molecule has 0 spiro atoms. The molecule has 29 heavy (non-hydrogen) atoms. The summed E-state index contributed by atoms with van der Waals surface area (Å²) in [6.45, 7) is 3.36. The Morgan fingerprint density at radius 2 is 1.97 bits per heavy atom. The van der Waals surface area contributed by atoms with E-state index < -0.39 is 0 Å². The molecule has 0 aliphatic carbocycles. The molecule has 0 fully saturated rings. The summed E-state index contributed by atoms with van der Waals surface area (Å²) >= 11 is 0. The van der Waals surface area contributed by atoms with Gasteiger partial charge in [0.25, 0.3) is 11.5 Å². The van der Waals surface area contributed by atoms with E-state index in [9.17, 15) is 9.59 Å². The standard InChI is InChI=1S/C22H21N5O2/c1-2-5-19-24-25-20-21(28)23-17-12-15(8-9-18(17)27(19)20)22(29)26-11-10-14-6-3-4-7-16(14)13-26/h3-4,6-9,12H,2,5,10-11,13H2,1H3,(H,23,28). The first-order valence-electron chi connectivity index (χ1n) is 9.92. The van der Waals surface area contributed by atoms with E-state index >= 15 is 0 Å². The molecule has 0 radical (unpaired) electrons. The van der Waals surface area contributed by atoms with Crippen LogP contribution in [0.25, 0.3) is 16.7 Å². The van der Waals surface area contributed by atoms with Crippen molar-refractivity contribution in [1.82, 2.24) is 24.5 Å². The van der Waals surface area contributed by atoms with E-state index in [1.807, 2.05) is 29.2 Å². The molecule has 2 aromatic carbocycles. The van der Waals surface area contributed by atoms with Crippen molar-refractivity contribution in [2.45, 2.75) is 32.7 Å². The second-order valence-corrected chi connectivity index (χ2v) is 7.46. The Morgan fingerprint density at radius 1 is 1.14 bits per heavy atom. The molecular weight excluding hydrogens is 366 g/mol. The van der Waals surface area contributed by atoms with Crippen LogP contribution in [-0.2, 0) is 19.4 Å². The van der Waals surface area contributed by atoms with Gasteiger partial charge in [-0.25, -0.2) is 0 Å². The highest BCUT2D eigenvalue weighted by Crippen LogP contribution is 2.22. The molecule has 0 unspecified atom stereocenters. The minimum absolute atomic E-state index is 0.0279. The van der Waals surface area contributed by atoms with Gasteiger partial charge in [-0.2, -0.15) is 0 Å². The summed E-state index contributed by atoms with van der Waals surface area (Å²) in [6, 6.07) is 13.7. The van der Waals surface area contributed by atoms with Crippen molar-refractivity contribution in [2.24, 2.45) is 0 Å². The highest BCUT2D eigenvalue weighted by atomic mass is 16.2. The van der Waals surface area contributed by atoms with Crippen molar-refractivity contribution in [3.05, 3.63) is 75.3 Å². The molecule has 1 amide bonds. The lowest BCUT2D eigenvalue weighted by Gasteiger charge is -2.29. The second kappa shape index (κ2) is 6.84. The molecule has 146 valence electrons. The molecule has 0 bridgehead atoms. The number of aromatic nitrogens is 4. The van der Waals surface area contributed by atoms with Gasteiger partial charge in [-0.1, -0.05) is 31.2 Å². The maximum absolute atomic E-state index is 13.1. The number of fused-ring (bicyclic) bond motifs is 4. The predicted molar refractivity (Wildman–Crippen MR) is 110 cm³/mol. The first kappa shape index (κ1) is 17.6. The third-order valence-corrected chi connectivity index (χ3v) is 5.56. The number of aromatic amines is 1. The minimum atomic E-state index is -0.302. The molecule has 7 nitrogen and oxygen atoms in total.